The molecular weight excluding hydrogens is 1200 g/mol. The van der Waals surface area contributed by atoms with Crippen LogP contribution in [0.1, 0.15) is 55.1 Å². The Bertz CT molecular complexity index is 7130. The minimum absolute atomic E-state index is 0.0692. The van der Waals surface area contributed by atoms with Crippen LogP contribution in [0.15, 0.2) is 333 Å². The largest absolute Gasteiger partial charge is 0.311 e. The molecule has 0 bridgehead atoms. The van der Waals surface area contributed by atoms with Gasteiger partial charge in [0.25, 0.3) is 6.71 Å². The van der Waals surface area contributed by atoms with Crippen molar-refractivity contribution in [3.63, 3.8) is 0 Å². The summed E-state index contributed by atoms with van der Waals surface area (Å²) in [4.78, 5) is 20.0. The lowest BCUT2D eigenvalue weighted by Crippen LogP contribution is -2.61. The number of hydrogen-bond acceptors (Lipinski definition) is 5. The normalized spacial score (nSPS) is 15.5. The number of hydrogen-bond donors (Lipinski definition) is 0. The highest BCUT2D eigenvalue weighted by Gasteiger charge is 2.45. The van der Waals surface area contributed by atoms with Crippen molar-refractivity contribution >= 4 is 101 Å². The predicted octanol–water partition coefficient (Wildman–Crippen LogP) is 21.4. The third-order valence-electron chi connectivity index (χ3n) is 18.9. The van der Waals surface area contributed by atoms with Gasteiger partial charge in [-0.15, -0.1) is 0 Å². The first kappa shape index (κ1) is 40.0. The topological polar surface area (TPSA) is 55.0 Å². The van der Waals surface area contributed by atoms with Crippen LogP contribution >= 0.6 is 0 Å². The summed E-state index contributed by atoms with van der Waals surface area (Å²) >= 11 is 0. The van der Waals surface area contributed by atoms with Crippen LogP contribution in [0.5, 0.6) is 0 Å². The Balaban J connectivity index is 1.05. The zero-order chi connectivity index (χ0) is 84.1. The molecule has 3 aromatic heterocycles. The van der Waals surface area contributed by atoms with Crippen LogP contribution < -0.4 is 26.2 Å². The summed E-state index contributed by atoms with van der Waals surface area (Å²) in [7, 11) is 0. The predicted molar refractivity (Wildman–Crippen MR) is 414 cm³/mol. The van der Waals surface area contributed by atoms with Crippen molar-refractivity contribution in [2.75, 3.05) is 9.80 Å². The monoisotopic (exact) mass is 1290 g/mol. The lowest BCUT2D eigenvalue weighted by atomic mass is 9.33. The van der Waals surface area contributed by atoms with Gasteiger partial charge in [0.1, 0.15) is 0 Å². The van der Waals surface area contributed by atoms with E-state index in [1.54, 1.807) is 36.4 Å². The second kappa shape index (κ2) is 23.0. The smallest absolute Gasteiger partial charge is 0.252 e. The Morgan fingerprint density at radius 1 is 0.303 bits per heavy atom. The van der Waals surface area contributed by atoms with Crippen LogP contribution in [0.4, 0.5) is 34.1 Å². The van der Waals surface area contributed by atoms with Crippen LogP contribution in [0.2, 0.25) is 0 Å². The molecule has 0 N–H and O–H groups in total. The van der Waals surface area contributed by atoms with E-state index in [1.165, 1.54) is 9.13 Å². The Hall–Kier alpha value is -12.6. The van der Waals surface area contributed by atoms with E-state index in [-0.39, 0.29) is 71.9 Å². The van der Waals surface area contributed by atoms with Crippen molar-refractivity contribution in [2.24, 2.45) is 0 Å². The van der Waals surface area contributed by atoms with Gasteiger partial charge in [0.05, 0.1) is 67.9 Å². The highest BCUT2D eigenvalue weighted by Crippen LogP contribution is 2.52. The molecule has 7 nitrogen and oxygen atoms in total. The Labute approximate surface area is 605 Å². The third-order valence-corrected chi connectivity index (χ3v) is 18.9. The van der Waals surface area contributed by atoms with Crippen molar-refractivity contribution in [2.45, 2.75) is 26.2 Å². The standard InChI is InChI=1S/C91H64BN7/c1-91(2,3)66-47-52-82(74(55-66)90-94-88(62-33-15-7-16-34-62)93-89(95-90)63-35-17-8-18-36-63)99-84-56-67(96-77-41-23-19-37-69(77)70-38-20-24-42-78(70)96)48-50-76(84)92-75-49-45-65(60-29-11-5-12-30-60)54-83(75)98(81-51-46-64(59-27-9-4-10-28-59)53-73(81)61-31-13-6-14-32-61)85-57-68(58-86(99)87(85)92)97-79-43-25-21-39-71(79)72-40-22-26-44-80(72)97/h4-58H,1-3H3/i5D,11D,12D,19D,20D,21D,22D,23D,24D,25D,26D,29D,30D,37D,38D,39D,40D,41D,42D,43D,44D. The molecule has 2 aliphatic rings. The molecule has 0 unspecified atom stereocenters. The van der Waals surface area contributed by atoms with Gasteiger partial charge in [-0.2, -0.15) is 0 Å². The molecule has 466 valence electrons. The molecule has 5 heterocycles. The summed E-state index contributed by atoms with van der Waals surface area (Å²) in [5.41, 5.74) is 8.34. The molecule has 0 spiro atoms. The summed E-state index contributed by atoms with van der Waals surface area (Å²) in [6, 6.07) is 51.7. The molecule has 0 fully saturated rings. The molecule has 14 aromatic carbocycles. The molecular formula is C91H64BN7. The first-order valence-corrected chi connectivity index (χ1v) is 32.4. The van der Waals surface area contributed by atoms with Crippen LogP contribution in [0.3, 0.4) is 0 Å². The maximum atomic E-state index is 10.1. The fraction of sp³-hybridized carbons (Fsp3) is 0.0440. The van der Waals surface area contributed by atoms with E-state index in [4.69, 9.17) is 21.8 Å². The number of fused-ring (bicyclic) bond motifs is 10. The first-order valence-electron chi connectivity index (χ1n) is 42.9. The second-order valence-corrected chi connectivity index (χ2v) is 25.6. The van der Waals surface area contributed by atoms with E-state index < -0.39 is 139 Å². The molecule has 2 aliphatic heterocycles. The van der Waals surface area contributed by atoms with Gasteiger partial charge in [-0.3, -0.25) is 0 Å². The van der Waals surface area contributed by atoms with Crippen LogP contribution in [0.25, 0.3) is 123 Å². The van der Waals surface area contributed by atoms with Gasteiger partial charge in [0.2, 0.25) is 0 Å². The molecule has 0 atom stereocenters. The summed E-state index contributed by atoms with van der Waals surface area (Å²) in [5, 5.41) is -0.790. The van der Waals surface area contributed by atoms with Crippen LogP contribution in [-0.4, -0.2) is 30.8 Å². The van der Waals surface area contributed by atoms with E-state index in [0.29, 0.717) is 84.4 Å². The van der Waals surface area contributed by atoms with E-state index in [1.807, 2.05) is 174 Å². The molecule has 0 saturated heterocycles. The van der Waals surface area contributed by atoms with E-state index in [2.05, 4.69) is 26.8 Å². The van der Waals surface area contributed by atoms with Crippen molar-refractivity contribution in [1.82, 2.24) is 24.1 Å². The van der Waals surface area contributed by atoms with Gasteiger partial charge in [0.15, 0.2) is 17.5 Å². The van der Waals surface area contributed by atoms with Crippen molar-refractivity contribution < 1.29 is 28.8 Å². The number of anilines is 6. The second-order valence-electron chi connectivity index (χ2n) is 25.6. The fourth-order valence-electron chi connectivity index (χ4n) is 14.4. The number of nitrogens with zero attached hydrogens (tertiary/aromatic N) is 7. The van der Waals surface area contributed by atoms with Crippen LogP contribution in [0, 0.1) is 0 Å². The lowest BCUT2D eigenvalue weighted by Gasteiger charge is -2.45. The van der Waals surface area contributed by atoms with Crippen molar-refractivity contribution in [1.29, 1.82) is 0 Å². The van der Waals surface area contributed by atoms with Gasteiger partial charge < -0.3 is 18.9 Å². The summed E-state index contributed by atoms with van der Waals surface area (Å²) < 4.78 is 202. The molecule has 0 saturated carbocycles. The van der Waals surface area contributed by atoms with Gasteiger partial charge in [0, 0.05) is 72.2 Å². The van der Waals surface area contributed by atoms with E-state index in [0.717, 1.165) is 22.3 Å². The average molecular weight is 1290 g/mol. The average Bonchev–Trinajstić information content (AvgIpc) is 1.05. The minimum Gasteiger partial charge on any atom is -0.311 e. The Morgan fingerprint density at radius 2 is 0.717 bits per heavy atom. The summed E-state index contributed by atoms with van der Waals surface area (Å²) in [5.74, 6) is 0.780. The Morgan fingerprint density at radius 3 is 1.25 bits per heavy atom. The number of aromatic nitrogens is 5. The number of benzene rings is 14. The van der Waals surface area contributed by atoms with Crippen LogP contribution in [-0.2, 0) is 5.41 Å². The highest BCUT2D eigenvalue weighted by atomic mass is 15.2. The quantitative estimate of drug-likeness (QED) is 0.128. The van der Waals surface area contributed by atoms with Gasteiger partial charge in [-0.25, -0.2) is 15.0 Å². The molecule has 0 amide bonds. The maximum absolute atomic E-state index is 10.1. The van der Waals surface area contributed by atoms with Gasteiger partial charge >= 0.3 is 0 Å². The fourth-order valence-corrected chi connectivity index (χ4v) is 14.4. The SMILES string of the molecule is [2H]c1c([2H])c([2H])c(-c2ccc3c(c2)N(c2ccc(-c4ccccc4)cc2-c2ccccc2)c2cc(-n4c5c([2H])c([2H])c([2H])c([2H])c5c5c([2H])c([2H])c([2H])c([2H])c54)cc4c2B3c2ccc(-n3c5c([2H])c([2H])c([2H])c([2H])c5c5c([2H])c([2H])c([2H])c([2H])c53)cc2N4c2ccc(C(C)(C)C)cc2-c2nc(-c3ccccc3)nc(-c3ccccc3)n2)c([2H])c1[2H]. The van der Waals surface area contributed by atoms with Crippen molar-refractivity contribution in [3.05, 3.63) is 339 Å². The molecule has 99 heavy (non-hydrogen) atoms. The maximum Gasteiger partial charge on any atom is 0.252 e. The minimum atomic E-state index is -1.00. The molecule has 19 rings (SSSR count). The summed E-state index contributed by atoms with van der Waals surface area (Å²) in [6.45, 7) is 5.19. The lowest BCUT2D eigenvalue weighted by molar-refractivity contribution is 0.590. The molecule has 0 aliphatic carbocycles. The van der Waals surface area contributed by atoms with E-state index in [9.17, 15) is 21.9 Å². The van der Waals surface area contributed by atoms with E-state index >= 15 is 0 Å². The number of para-hydroxylation sites is 4. The first-order chi connectivity index (χ1) is 57.5. The third kappa shape index (κ3) is 9.54. The van der Waals surface area contributed by atoms with Gasteiger partial charge in [-0.1, -0.05) is 275 Å². The Kier molecular flexibility index (Phi) is 9.32. The molecule has 0 radical (unpaired) electrons. The zero-order valence-electron chi connectivity index (χ0n) is 74.3. The van der Waals surface area contributed by atoms with Gasteiger partial charge in [-0.05, 0) is 134 Å². The highest BCUT2D eigenvalue weighted by molar-refractivity contribution is 7.00. The molecule has 8 heteroatoms. The number of rotatable bonds is 10. The summed E-state index contributed by atoms with van der Waals surface area (Å²) in [6.07, 6.45) is 0. The zero-order valence-corrected chi connectivity index (χ0v) is 53.3. The van der Waals surface area contributed by atoms with Crippen molar-refractivity contribution in [3.8, 4) is 78.9 Å². The molecule has 17 aromatic rings.